The van der Waals surface area contributed by atoms with Gasteiger partial charge in [0.15, 0.2) is 0 Å². The zero-order valence-corrected chi connectivity index (χ0v) is 14.3. The summed E-state index contributed by atoms with van der Waals surface area (Å²) in [5.74, 6) is 0.497. The van der Waals surface area contributed by atoms with Crippen molar-refractivity contribution in [3.05, 3.63) is 0 Å². The molecule has 2 fully saturated rings. The summed E-state index contributed by atoms with van der Waals surface area (Å²) < 4.78 is 0. The van der Waals surface area contributed by atoms with Crippen LogP contribution < -0.4 is 5.32 Å². The molecule has 2 rings (SSSR count). The molecule has 0 aromatic heterocycles. The number of carbonyl (C=O) groups excluding carboxylic acids is 3. The zero-order chi connectivity index (χ0) is 16.8. The Kier molecular flexibility index (Phi) is 6.42. The molecule has 2 aliphatic heterocycles. The minimum atomic E-state index is 0.0526. The van der Waals surface area contributed by atoms with Crippen LogP contribution in [0.3, 0.4) is 0 Å². The highest BCUT2D eigenvalue weighted by Gasteiger charge is 2.31. The maximum absolute atomic E-state index is 12.6. The summed E-state index contributed by atoms with van der Waals surface area (Å²) in [5.41, 5.74) is 0. The van der Waals surface area contributed by atoms with Crippen LogP contribution in [0, 0.1) is 5.92 Å². The average Bonchev–Trinajstić information content (AvgIpc) is 2.55. The molecule has 0 bridgehead atoms. The summed E-state index contributed by atoms with van der Waals surface area (Å²) in [6.45, 7) is 6.41. The van der Waals surface area contributed by atoms with Gasteiger partial charge in [-0.15, -0.1) is 0 Å². The lowest BCUT2D eigenvalue weighted by Gasteiger charge is -2.37. The van der Waals surface area contributed by atoms with E-state index in [0.29, 0.717) is 19.5 Å². The topological polar surface area (TPSA) is 69.7 Å². The van der Waals surface area contributed by atoms with Crippen LogP contribution in [0.5, 0.6) is 0 Å². The SMILES string of the molecule is CCCC(=O)NC1CCN(C(=O)C2CCN(C(C)=O)CC2)CC1. The highest BCUT2D eigenvalue weighted by atomic mass is 16.2. The lowest BCUT2D eigenvalue weighted by molar-refractivity contribution is -0.141. The number of likely N-dealkylation sites (tertiary alicyclic amines) is 2. The van der Waals surface area contributed by atoms with Crippen LogP contribution in [0.15, 0.2) is 0 Å². The predicted molar refractivity (Wildman–Crippen MR) is 87.6 cm³/mol. The largest absolute Gasteiger partial charge is 0.353 e. The Morgan fingerprint density at radius 2 is 1.52 bits per heavy atom. The number of nitrogens with zero attached hydrogens (tertiary/aromatic N) is 2. The minimum absolute atomic E-state index is 0.0526. The number of piperidine rings is 2. The summed E-state index contributed by atoms with van der Waals surface area (Å²) in [7, 11) is 0. The maximum Gasteiger partial charge on any atom is 0.225 e. The van der Waals surface area contributed by atoms with E-state index in [2.05, 4.69) is 5.32 Å². The maximum atomic E-state index is 12.6. The van der Waals surface area contributed by atoms with Crippen LogP contribution in [0.2, 0.25) is 0 Å². The first-order valence-electron chi connectivity index (χ1n) is 8.85. The summed E-state index contributed by atoms with van der Waals surface area (Å²) in [6, 6.07) is 0.206. The second-order valence-electron chi connectivity index (χ2n) is 6.70. The number of rotatable bonds is 4. The van der Waals surface area contributed by atoms with Gasteiger partial charge in [-0.2, -0.15) is 0 Å². The van der Waals surface area contributed by atoms with Crippen molar-refractivity contribution in [3.8, 4) is 0 Å². The fourth-order valence-electron chi connectivity index (χ4n) is 3.47. The molecule has 0 aliphatic carbocycles. The van der Waals surface area contributed by atoms with Crippen LogP contribution in [-0.2, 0) is 14.4 Å². The normalized spacial score (nSPS) is 20.4. The van der Waals surface area contributed by atoms with Crippen LogP contribution >= 0.6 is 0 Å². The Labute approximate surface area is 138 Å². The summed E-state index contributed by atoms with van der Waals surface area (Å²) in [4.78, 5) is 39.3. The molecule has 23 heavy (non-hydrogen) atoms. The molecule has 1 N–H and O–H groups in total. The quantitative estimate of drug-likeness (QED) is 0.844. The van der Waals surface area contributed by atoms with Gasteiger partial charge in [-0.05, 0) is 32.1 Å². The van der Waals surface area contributed by atoms with Crippen LogP contribution in [0.4, 0.5) is 0 Å². The second kappa shape index (κ2) is 8.31. The molecule has 0 aromatic rings. The van der Waals surface area contributed by atoms with E-state index in [4.69, 9.17) is 0 Å². The first kappa shape index (κ1) is 17.8. The first-order valence-corrected chi connectivity index (χ1v) is 8.85. The molecule has 0 unspecified atom stereocenters. The third kappa shape index (κ3) is 4.94. The molecule has 0 aromatic carbocycles. The van der Waals surface area contributed by atoms with Crippen molar-refractivity contribution in [2.75, 3.05) is 26.2 Å². The van der Waals surface area contributed by atoms with Gasteiger partial charge in [0.1, 0.15) is 0 Å². The molecule has 2 heterocycles. The van der Waals surface area contributed by atoms with Gasteiger partial charge < -0.3 is 15.1 Å². The molecule has 3 amide bonds. The van der Waals surface area contributed by atoms with Crippen molar-refractivity contribution in [2.45, 2.75) is 58.4 Å². The van der Waals surface area contributed by atoms with Crippen molar-refractivity contribution in [1.82, 2.24) is 15.1 Å². The van der Waals surface area contributed by atoms with E-state index in [0.717, 1.165) is 45.2 Å². The van der Waals surface area contributed by atoms with E-state index >= 15 is 0 Å². The van der Waals surface area contributed by atoms with Gasteiger partial charge in [0.25, 0.3) is 0 Å². The third-order valence-corrected chi connectivity index (χ3v) is 4.94. The molecule has 6 nitrogen and oxygen atoms in total. The number of carbonyl (C=O) groups is 3. The molecule has 0 atom stereocenters. The second-order valence-corrected chi connectivity index (χ2v) is 6.70. The van der Waals surface area contributed by atoms with E-state index in [1.54, 1.807) is 6.92 Å². The highest BCUT2D eigenvalue weighted by molar-refractivity contribution is 5.80. The van der Waals surface area contributed by atoms with Crippen molar-refractivity contribution in [2.24, 2.45) is 5.92 Å². The van der Waals surface area contributed by atoms with E-state index < -0.39 is 0 Å². The fourth-order valence-corrected chi connectivity index (χ4v) is 3.47. The molecule has 0 radical (unpaired) electrons. The Balaban J connectivity index is 1.74. The Morgan fingerprint density at radius 3 is 2.04 bits per heavy atom. The first-order chi connectivity index (χ1) is 11.0. The van der Waals surface area contributed by atoms with Gasteiger partial charge in [0, 0.05) is 51.5 Å². The fraction of sp³-hybridized carbons (Fsp3) is 0.824. The van der Waals surface area contributed by atoms with Crippen molar-refractivity contribution >= 4 is 17.7 Å². The Morgan fingerprint density at radius 1 is 0.957 bits per heavy atom. The standard InChI is InChI=1S/C17H29N3O3/c1-3-4-16(22)18-15-7-11-20(12-8-15)17(23)14-5-9-19(10-6-14)13(2)21/h14-15H,3-12H2,1-2H3,(H,18,22). The summed E-state index contributed by atoms with van der Waals surface area (Å²) in [5, 5.41) is 3.06. The number of amides is 3. The van der Waals surface area contributed by atoms with Gasteiger partial charge in [0.05, 0.1) is 0 Å². The van der Waals surface area contributed by atoms with Crippen LogP contribution in [-0.4, -0.2) is 59.7 Å². The summed E-state index contributed by atoms with van der Waals surface area (Å²) in [6.07, 6.45) is 4.66. The molecule has 0 saturated carbocycles. The molecule has 6 heteroatoms. The number of hydrogen-bond donors (Lipinski definition) is 1. The van der Waals surface area contributed by atoms with Crippen LogP contribution in [0.25, 0.3) is 0 Å². The van der Waals surface area contributed by atoms with Crippen molar-refractivity contribution in [1.29, 1.82) is 0 Å². The monoisotopic (exact) mass is 323 g/mol. The van der Waals surface area contributed by atoms with Gasteiger partial charge >= 0.3 is 0 Å². The number of hydrogen-bond acceptors (Lipinski definition) is 3. The smallest absolute Gasteiger partial charge is 0.225 e. The van der Waals surface area contributed by atoms with Crippen LogP contribution in [0.1, 0.15) is 52.4 Å². The zero-order valence-electron chi connectivity index (χ0n) is 14.3. The van der Waals surface area contributed by atoms with E-state index in [1.807, 2.05) is 16.7 Å². The van der Waals surface area contributed by atoms with E-state index in [9.17, 15) is 14.4 Å². The van der Waals surface area contributed by atoms with Gasteiger partial charge in [-0.3, -0.25) is 14.4 Å². The molecular weight excluding hydrogens is 294 g/mol. The number of nitrogens with one attached hydrogen (secondary N) is 1. The molecule has 2 saturated heterocycles. The van der Waals surface area contributed by atoms with Gasteiger partial charge in [0.2, 0.25) is 17.7 Å². The molecular formula is C17H29N3O3. The predicted octanol–water partition coefficient (Wildman–Crippen LogP) is 1.15. The van der Waals surface area contributed by atoms with Gasteiger partial charge in [-0.1, -0.05) is 6.92 Å². The average molecular weight is 323 g/mol. The van der Waals surface area contributed by atoms with Gasteiger partial charge in [-0.25, -0.2) is 0 Å². The molecule has 2 aliphatic rings. The molecule has 130 valence electrons. The molecule has 0 spiro atoms. The van der Waals surface area contributed by atoms with E-state index in [1.165, 1.54) is 0 Å². The van der Waals surface area contributed by atoms with E-state index in [-0.39, 0.29) is 29.7 Å². The van der Waals surface area contributed by atoms with Crippen molar-refractivity contribution < 1.29 is 14.4 Å². The summed E-state index contributed by atoms with van der Waals surface area (Å²) >= 11 is 0. The highest BCUT2D eigenvalue weighted by Crippen LogP contribution is 2.22. The van der Waals surface area contributed by atoms with Crippen molar-refractivity contribution in [3.63, 3.8) is 0 Å². The lowest BCUT2D eigenvalue weighted by Crippen LogP contribution is -2.49. The Bertz CT molecular complexity index is 436. The third-order valence-electron chi connectivity index (χ3n) is 4.94. The lowest BCUT2D eigenvalue weighted by atomic mass is 9.93. The Hall–Kier alpha value is -1.59. The minimum Gasteiger partial charge on any atom is -0.353 e.